The molecule has 1 aliphatic rings. The van der Waals surface area contributed by atoms with Crippen molar-refractivity contribution < 1.29 is 22.7 Å². The molecule has 0 aromatic rings. The van der Waals surface area contributed by atoms with Crippen molar-refractivity contribution in [1.82, 2.24) is 20.3 Å². The summed E-state index contributed by atoms with van der Waals surface area (Å²) in [7, 11) is -3.19. The Morgan fingerprint density at radius 2 is 1.87 bits per heavy atom. The van der Waals surface area contributed by atoms with E-state index in [1.807, 2.05) is 48.5 Å². The fourth-order valence-electron chi connectivity index (χ4n) is 3.18. The standard InChI is InChI=1S/C19H39N5O5S/c1-9-20-16(21-11-10-12-23-30(8,26)27)22-13-15-14(2)28-19(6,7)24(15)17(25)29-18(3,4)5/h14-15,23H,9-13H2,1-8H3,(H2,20,21,22). The van der Waals surface area contributed by atoms with E-state index in [2.05, 4.69) is 20.3 Å². The molecule has 0 radical (unpaired) electrons. The summed E-state index contributed by atoms with van der Waals surface area (Å²) in [4.78, 5) is 19.0. The minimum atomic E-state index is -3.19. The molecule has 0 saturated carbocycles. The van der Waals surface area contributed by atoms with Crippen LogP contribution < -0.4 is 15.4 Å². The number of hydrogen-bond acceptors (Lipinski definition) is 6. The normalized spacial score (nSPS) is 22.1. The first-order valence-electron chi connectivity index (χ1n) is 10.3. The van der Waals surface area contributed by atoms with Gasteiger partial charge in [0.1, 0.15) is 11.3 Å². The van der Waals surface area contributed by atoms with E-state index in [-0.39, 0.29) is 12.1 Å². The number of carbonyl (C=O) groups is 1. The summed E-state index contributed by atoms with van der Waals surface area (Å²) in [5, 5.41) is 6.33. The van der Waals surface area contributed by atoms with E-state index in [0.717, 1.165) is 6.26 Å². The molecule has 30 heavy (non-hydrogen) atoms. The topological polar surface area (TPSA) is 121 Å². The molecular formula is C19H39N5O5S. The van der Waals surface area contributed by atoms with Crippen LogP contribution in [0.3, 0.4) is 0 Å². The van der Waals surface area contributed by atoms with Crippen LogP contribution in [0.2, 0.25) is 0 Å². The van der Waals surface area contributed by atoms with Gasteiger partial charge in [-0.1, -0.05) is 0 Å². The lowest BCUT2D eigenvalue weighted by atomic mass is 10.1. The van der Waals surface area contributed by atoms with Gasteiger partial charge in [-0.25, -0.2) is 17.9 Å². The van der Waals surface area contributed by atoms with Gasteiger partial charge in [-0.15, -0.1) is 0 Å². The zero-order valence-corrected chi connectivity index (χ0v) is 20.4. The first-order chi connectivity index (χ1) is 13.7. The lowest BCUT2D eigenvalue weighted by molar-refractivity contribution is -0.0755. The van der Waals surface area contributed by atoms with Crippen molar-refractivity contribution in [3.8, 4) is 0 Å². The van der Waals surface area contributed by atoms with E-state index in [0.29, 0.717) is 38.6 Å². The predicted molar refractivity (Wildman–Crippen MR) is 118 cm³/mol. The molecule has 0 aromatic heterocycles. The average molecular weight is 450 g/mol. The second kappa shape index (κ2) is 10.6. The van der Waals surface area contributed by atoms with Crippen molar-refractivity contribution in [2.75, 3.05) is 32.4 Å². The third kappa shape index (κ3) is 9.05. The monoisotopic (exact) mass is 449 g/mol. The molecule has 1 fully saturated rings. The smallest absolute Gasteiger partial charge is 0.412 e. The number of amides is 1. The first-order valence-corrected chi connectivity index (χ1v) is 12.2. The number of ether oxygens (including phenoxy) is 2. The minimum Gasteiger partial charge on any atom is -0.444 e. The van der Waals surface area contributed by atoms with Crippen LogP contribution in [0.4, 0.5) is 4.79 Å². The minimum absolute atomic E-state index is 0.210. The molecule has 3 N–H and O–H groups in total. The zero-order valence-electron chi connectivity index (χ0n) is 19.5. The van der Waals surface area contributed by atoms with Crippen molar-refractivity contribution >= 4 is 22.1 Å². The van der Waals surface area contributed by atoms with Crippen molar-refractivity contribution in [2.45, 2.75) is 78.4 Å². The highest BCUT2D eigenvalue weighted by molar-refractivity contribution is 7.88. The third-order valence-electron chi connectivity index (χ3n) is 4.31. The number of aliphatic imine (C=N–C) groups is 1. The van der Waals surface area contributed by atoms with Gasteiger partial charge in [0.2, 0.25) is 10.0 Å². The molecule has 11 heteroatoms. The average Bonchev–Trinajstić information content (AvgIpc) is 2.77. The van der Waals surface area contributed by atoms with E-state index in [9.17, 15) is 13.2 Å². The third-order valence-corrected chi connectivity index (χ3v) is 5.04. The van der Waals surface area contributed by atoms with Crippen LogP contribution >= 0.6 is 0 Å². The van der Waals surface area contributed by atoms with Crippen molar-refractivity contribution in [3.05, 3.63) is 0 Å². The molecule has 0 aliphatic carbocycles. The Hall–Kier alpha value is -1.59. The first kappa shape index (κ1) is 26.4. The Morgan fingerprint density at radius 3 is 2.40 bits per heavy atom. The molecule has 0 spiro atoms. The van der Waals surface area contributed by atoms with Crippen LogP contribution in [0.5, 0.6) is 0 Å². The van der Waals surface area contributed by atoms with Crippen molar-refractivity contribution in [1.29, 1.82) is 0 Å². The van der Waals surface area contributed by atoms with E-state index in [1.165, 1.54) is 0 Å². The SMILES string of the molecule is CCNC(=NCC1C(C)OC(C)(C)N1C(=O)OC(C)(C)C)NCCCNS(C)(=O)=O. The highest BCUT2D eigenvalue weighted by Crippen LogP contribution is 2.33. The molecule has 1 aliphatic heterocycles. The van der Waals surface area contributed by atoms with Crippen molar-refractivity contribution in [2.24, 2.45) is 4.99 Å². The number of rotatable bonds is 8. The van der Waals surface area contributed by atoms with Crippen LogP contribution in [0.25, 0.3) is 0 Å². The van der Waals surface area contributed by atoms with Gasteiger partial charge in [0.25, 0.3) is 0 Å². The number of nitrogens with zero attached hydrogens (tertiary/aromatic N) is 2. The summed E-state index contributed by atoms with van der Waals surface area (Å²) in [5.74, 6) is 0.595. The van der Waals surface area contributed by atoms with Gasteiger partial charge in [0.15, 0.2) is 5.96 Å². The molecule has 10 nitrogen and oxygen atoms in total. The highest BCUT2D eigenvalue weighted by atomic mass is 32.2. The summed E-state index contributed by atoms with van der Waals surface area (Å²) in [6, 6.07) is -0.280. The molecule has 176 valence electrons. The van der Waals surface area contributed by atoms with Gasteiger partial charge in [0, 0.05) is 19.6 Å². The molecule has 1 amide bonds. The van der Waals surface area contributed by atoms with E-state index in [4.69, 9.17) is 9.47 Å². The fraction of sp³-hybridized carbons (Fsp3) is 0.895. The highest BCUT2D eigenvalue weighted by Gasteiger charge is 2.49. The van der Waals surface area contributed by atoms with Gasteiger partial charge in [-0.3, -0.25) is 9.89 Å². The number of guanidine groups is 1. The molecule has 0 aromatic carbocycles. The second-order valence-electron chi connectivity index (χ2n) is 8.85. The van der Waals surface area contributed by atoms with Gasteiger partial charge < -0.3 is 20.1 Å². The predicted octanol–water partition coefficient (Wildman–Crippen LogP) is 1.24. The Bertz CT molecular complexity index is 703. The Balaban J connectivity index is 2.79. The maximum atomic E-state index is 12.8. The molecule has 2 unspecified atom stereocenters. The van der Waals surface area contributed by atoms with Crippen LogP contribution in [0, 0.1) is 0 Å². The number of hydrogen-bond donors (Lipinski definition) is 3. The quantitative estimate of drug-likeness (QED) is 0.290. The molecular weight excluding hydrogens is 410 g/mol. The lowest BCUT2D eigenvalue weighted by Gasteiger charge is -2.34. The van der Waals surface area contributed by atoms with E-state index in [1.54, 1.807) is 4.90 Å². The summed E-state index contributed by atoms with van der Waals surface area (Å²) >= 11 is 0. The molecule has 1 rings (SSSR count). The van der Waals surface area contributed by atoms with E-state index < -0.39 is 27.4 Å². The Labute approximate surface area is 181 Å². The maximum Gasteiger partial charge on any atom is 0.412 e. The van der Waals surface area contributed by atoms with Gasteiger partial charge in [0.05, 0.1) is 24.9 Å². The molecule has 1 heterocycles. The zero-order chi connectivity index (χ0) is 23.2. The Morgan fingerprint density at radius 1 is 1.23 bits per heavy atom. The van der Waals surface area contributed by atoms with Crippen LogP contribution in [0.1, 0.15) is 54.9 Å². The largest absolute Gasteiger partial charge is 0.444 e. The molecule has 2 atom stereocenters. The number of sulfonamides is 1. The molecule has 1 saturated heterocycles. The summed E-state index contributed by atoms with van der Waals surface area (Å²) in [6.45, 7) is 15.0. The van der Waals surface area contributed by atoms with Crippen LogP contribution in [0.15, 0.2) is 4.99 Å². The Kier molecular flexibility index (Phi) is 9.37. The van der Waals surface area contributed by atoms with Crippen molar-refractivity contribution in [3.63, 3.8) is 0 Å². The summed E-state index contributed by atoms with van der Waals surface area (Å²) in [6.07, 6.45) is 1.10. The fourth-order valence-corrected chi connectivity index (χ4v) is 3.69. The van der Waals surface area contributed by atoms with Crippen LogP contribution in [-0.4, -0.2) is 81.3 Å². The van der Waals surface area contributed by atoms with E-state index >= 15 is 0 Å². The maximum absolute atomic E-state index is 12.8. The van der Waals surface area contributed by atoms with Crippen LogP contribution in [-0.2, 0) is 19.5 Å². The number of carbonyl (C=O) groups excluding carboxylic acids is 1. The summed E-state index contributed by atoms with van der Waals surface area (Å²) in [5.41, 5.74) is -1.41. The molecule has 0 bridgehead atoms. The summed E-state index contributed by atoms with van der Waals surface area (Å²) < 4.78 is 36.3. The number of nitrogens with one attached hydrogen (secondary N) is 3. The second-order valence-corrected chi connectivity index (χ2v) is 10.7. The van der Waals surface area contributed by atoms with Gasteiger partial charge in [-0.05, 0) is 54.9 Å². The van der Waals surface area contributed by atoms with Gasteiger partial charge in [-0.2, -0.15) is 0 Å². The van der Waals surface area contributed by atoms with Gasteiger partial charge >= 0.3 is 6.09 Å². The lowest BCUT2D eigenvalue weighted by Crippen LogP contribution is -2.51.